The smallest absolute Gasteiger partial charge is 0.221 e. The molecule has 0 atom stereocenters. The van der Waals surface area contributed by atoms with Crippen LogP contribution in [0, 0.1) is 6.92 Å². The van der Waals surface area contributed by atoms with Gasteiger partial charge in [0.15, 0.2) is 0 Å². The summed E-state index contributed by atoms with van der Waals surface area (Å²) in [6.07, 6.45) is 2.29. The summed E-state index contributed by atoms with van der Waals surface area (Å²) in [7, 11) is 0. The van der Waals surface area contributed by atoms with Gasteiger partial charge in [0.05, 0.1) is 12.2 Å². The van der Waals surface area contributed by atoms with E-state index in [1.54, 1.807) is 0 Å². The quantitative estimate of drug-likeness (QED) is 0.433. The second kappa shape index (κ2) is 5.97. The number of hydrogen-bond donors (Lipinski definition) is 2. The van der Waals surface area contributed by atoms with Gasteiger partial charge in [-0.2, -0.15) is 4.98 Å². The number of ether oxygens (including phenoxy) is 2. The molecule has 1 aliphatic rings. The molecule has 3 N–H and O–H groups in total. The number of nitrogens with two attached hydrogens (primary N) is 1. The van der Waals surface area contributed by atoms with Crippen molar-refractivity contribution in [3.63, 3.8) is 0 Å². The highest BCUT2D eigenvalue weighted by Gasteiger charge is 2.28. The normalized spacial score (nSPS) is 14.6. The first kappa shape index (κ1) is 13.0. The Morgan fingerprint density at radius 2 is 2.11 bits per heavy atom. The Labute approximate surface area is 107 Å². The Morgan fingerprint density at radius 3 is 2.72 bits per heavy atom. The third kappa shape index (κ3) is 3.08. The van der Waals surface area contributed by atoms with Gasteiger partial charge in [-0.05, 0) is 26.7 Å². The van der Waals surface area contributed by atoms with Gasteiger partial charge in [-0.15, -0.1) is 0 Å². The number of rotatable bonds is 7. The van der Waals surface area contributed by atoms with E-state index in [1.165, 1.54) is 0 Å². The zero-order valence-electron chi connectivity index (χ0n) is 10.9. The molecule has 0 spiro atoms. The summed E-state index contributed by atoms with van der Waals surface area (Å²) in [5.74, 6) is 7.98. The molecule has 1 fully saturated rings. The average molecular weight is 252 g/mol. The summed E-state index contributed by atoms with van der Waals surface area (Å²) < 4.78 is 10.9. The van der Waals surface area contributed by atoms with E-state index in [0.29, 0.717) is 37.4 Å². The number of hydrogen-bond acceptors (Lipinski definition) is 6. The van der Waals surface area contributed by atoms with Crippen LogP contribution in [-0.4, -0.2) is 29.8 Å². The second-order valence-electron chi connectivity index (χ2n) is 4.32. The van der Waals surface area contributed by atoms with Crippen LogP contribution in [0.15, 0.2) is 0 Å². The minimum absolute atomic E-state index is 0.465. The zero-order valence-corrected chi connectivity index (χ0v) is 10.9. The number of hydrazine groups is 1. The first-order valence-electron chi connectivity index (χ1n) is 6.32. The number of nitrogen functional groups attached to an aromatic ring is 1. The van der Waals surface area contributed by atoms with E-state index in [0.717, 1.165) is 24.2 Å². The molecule has 0 saturated heterocycles. The van der Waals surface area contributed by atoms with Gasteiger partial charge in [0.2, 0.25) is 5.88 Å². The van der Waals surface area contributed by atoms with Gasteiger partial charge < -0.3 is 14.9 Å². The average Bonchev–Trinajstić information content (AvgIpc) is 3.20. The fourth-order valence-electron chi connectivity index (χ4n) is 1.66. The minimum atomic E-state index is 0.465. The third-order valence-corrected chi connectivity index (χ3v) is 2.87. The lowest BCUT2D eigenvalue weighted by Gasteiger charge is -2.12. The summed E-state index contributed by atoms with van der Waals surface area (Å²) in [5.41, 5.74) is 3.43. The fraction of sp³-hybridized carbons (Fsp3) is 0.667. The Kier molecular flexibility index (Phi) is 4.33. The maximum absolute atomic E-state index is 5.63. The molecule has 6 heteroatoms. The highest BCUT2D eigenvalue weighted by molar-refractivity contribution is 5.48. The molecule has 1 aromatic rings. The molecule has 1 heterocycles. The van der Waals surface area contributed by atoms with Crippen molar-refractivity contribution in [1.82, 2.24) is 9.97 Å². The third-order valence-electron chi connectivity index (χ3n) is 2.87. The van der Waals surface area contributed by atoms with E-state index in [4.69, 9.17) is 15.3 Å². The summed E-state index contributed by atoms with van der Waals surface area (Å²) in [4.78, 5) is 8.86. The molecule has 0 aliphatic heterocycles. The van der Waals surface area contributed by atoms with Gasteiger partial charge in [0, 0.05) is 12.5 Å². The van der Waals surface area contributed by atoms with Crippen molar-refractivity contribution in [2.45, 2.75) is 32.6 Å². The minimum Gasteiger partial charge on any atom is -0.475 e. The van der Waals surface area contributed by atoms with Gasteiger partial charge in [0.25, 0.3) is 0 Å². The van der Waals surface area contributed by atoms with Crippen molar-refractivity contribution < 1.29 is 9.47 Å². The topological polar surface area (TPSA) is 82.3 Å². The first-order chi connectivity index (χ1) is 8.76. The lowest BCUT2D eigenvalue weighted by Crippen LogP contribution is -2.15. The molecule has 0 radical (unpaired) electrons. The molecule has 0 aromatic carbocycles. The van der Waals surface area contributed by atoms with Crippen LogP contribution in [0.25, 0.3) is 0 Å². The fourth-order valence-corrected chi connectivity index (χ4v) is 1.66. The Balaban J connectivity index is 2.08. The van der Waals surface area contributed by atoms with Crippen LogP contribution >= 0.6 is 0 Å². The van der Waals surface area contributed by atoms with Crippen LogP contribution in [0.1, 0.15) is 37.1 Å². The van der Waals surface area contributed by atoms with Crippen molar-refractivity contribution in [2.75, 3.05) is 25.2 Å². The summed E-state index contributed by atoms with van der Waals surface area (Å²) in [6, 6.07) is 0. The van der Waals surface area contributed by atoms with Crippen molar-refractivity contribution in [3.05, 3.63) is 11.4 Å². The Morgan fingerprint density at radius 1 is 1.33 bits per heavy atom. The van der Waals surface area contributed by atoms with Gasteiger partial charge in [-0.1, -0.05) is 0 Å². The van der Waals surface area contributed by atoms with E-state index in [9.17, 15) is 0 Å². The Hall–Kier alpha value is -1.40. The first-order valence-corrected chi connectivity index (χ1v) is 6.32. The van der Waals surface area contributed by atoms with Crippen LogP contribution in [0.2, 0.25) is 0 Å². The molecular formula is C12H20N4O2. The van der Waals surface area contributed by atoms with E-state index < -0.39 is 0 Å². The number of nitrogens with one attached hydrogen (secondary N) is 1. The highest BCUT2D eigenvalue weighted by Crippen LogP contribution is 2.39. The van der Waals surface area contributed by atoms with Crippen LogP contribution in [0.3, 0.4) is 0 Å². The second-order valence-corrected chi connectivity index (χ2v) is 4.32. The van der Waals surface area contributed by atoms with Gasteiger partial charge in [0.1, 0.15) is 18.2 Å². The summed E-state index contributed by atoms with van der Waals surface area (Å²) in [6.45, 7) is 5.58. The van der Waals surface area contributed by atoms with Crippen LogP contribution in [0.4, 0.5) is 5.82 Å². The molecule has 1 saturated carbocycles. The van der Waals surface area contributed by atoms with Crippen molar-refractivity contribution in [2.24, 2.45) is 5.84 Å². The van der Waals surface area contributed by atoms with Crippen LogP contribution in [-0.2, 0) is 4.74 Å². The predicted octanol–water partition coefficient (Wildman–Crippen LogP) is 1.36. The largest absolute Gasteiger partial charge is 0.475 e. The molecule has 18 heavy (non-hydrogen) atoms. The zero-order chi connectivity index (χ0) is 13.0. The monoisotopic (exact) mass is 252 g/mol. The summed E-state index contributed by atoms with van der Waals surface area (Å²) >= 11 is 0. The van der Waals surface area contributed by atoms with Crippen molar-refractivity contribution >= 4 is 5.82 Å². The maximum atomic E-state index is 5.63. The number of anilines is 1. The van der Waals surface area contributed by atoms with Gasteiger partial charge in [-0.25, -0.2) is 10.8 Å². The number of aromatic nitrogens is 2. The van der Waals surface area contributed by atoms with Gasteiger partial charge in [-0.3, -0.25) is 0 Å². The number of nitrogens with zero attached hydrogens (tertiary/aromatic N) is 2. The predicted molar refractivity (Wildman–Crippen MR) is 68.5 cm³/mol. The Bertz CT molecular complexity index is 407. The van der Waals surface area contributed by atoms with E-state index in [2.05, 4.69) is 15.4 Å². The molecule has 1 aliphatic carbocycles. The lowest BCUT2D eigenvalue weighted by atomic mass is 10.3. The van der Waals surface area contributed by atoms with E-state index in [1.807, 2.05) is 13.8 Å². The summed E-state index contributed by atoms with van der Waals surface area (Å²) in [5, 5.41) is 0. The molecular weight excluding hydrogens is 232 g/mol. The molecule has 0 bridgehead atoms. The SMILES string of the molecule is CCOCCOc1nc(C2CC2)nc(NN)c1C. The standard InChI is InChI=1S/C12H20N4O2/c1-3-17-6-7-18-12-8(2)10(16-13)14-11(15-12)9-4-5-9/h9H,3-7,13H2,1-2H3,(H,14,15,16). The van der Waals surface area contributed by atoms with Crippen LogP contribution < -0.4 is 16.0 Å². The molecule has 100 valence electrons. The molecule has 1 aromatic heterocycles. The van der Waals surface area contributed by atoms with E-state index >= 15 is 0 Å². The maximum Gasteiger partial charge on any atom is 0.221 e. The molecule has 0 amide bonds. The molecule has 2 rings (SSSR count). The molecule has 6 nitrogen and oxygen atoms in total. The van der Waals surface area contributed by atoms with Crippen molar-refractivity contribution in [1.29, 1.82) is 0 Å². The van der Waals surface area contributed by atoms with Crippen LogP contribution in [0.5, 0.6) is 5.88 Å². The van der Waals surface area contributed by atoms with E-state index in [-0.39, 0.29) is 0 Å². The molecule has 0 unspecified atom stereocenters. The lowest BCUT2D eigenvalue weighted by molar-refractivity contribution is 0.108. The van der Waals surface area contributed by atoms with Crippen molar-refractivity contribution in [3.8, 4) is 5.88 Å². The van der Waals surface area contributed by atoms with Gasteiger partial charge >= 0.3 is 0 Å². The highest BCUT2D eigenvalue weighted by atomic mass is 16.5.